The van der Waals surface area contributed by atoms with Gasteiger partial charge in [0.15, 0.2) is 6.10 Å². The molecule has 0 aliphatic carbocycles. The second-order valence-corrected chi connectivity index (χ2v) is 5.68. The van der Waals surface area contributed by atoms with E-state index in [2.05, 4.69) is 5.32 Å². The molecule has 0 aliphatic rings. The van der Waals surface area contributed by atoms with Gasteiger partial charge in [-0.25, -0.2) is 0 Å². The maximum atomic E-state index is 12.5. The highest BCUT2D eigenvalue weighted by Gasteiger charge is 2.19. The number of rotatable bonds is 8. The summed E-state index contributed by atoms with van der Waals surface area (Å²) in [6.45, 7) is 3.77. The number of ether oxygens (including phenoxy) is 3. The number of hydrogen-bond acceptors (Lipinski definition) is 4. The molecule has 0 fully saturated rings. The fourth-order valence-electron chi connectivity index (χ4n) is 2.46. The number of methoxy groups -OCH3 is 2. The third-order valence-electron chi connectivity index (χ3n) is 3.98. The lowest BCUT2D eigenvalue weighted by atomic mass is 10.0. The largest absolute Gasteiger partial charge is 0.497 e. The first-order valence-electron chi connectivity index (χ1n) is 8.32. The van der Waals surface area contributed by atoms with Crippen LogP contribution >= 0.6 is 0 Å². The van der Waals surface area contributed by atoms with Gasteiger partial charge in [0.05, 0.1) is 20.3 Å². The minimum absolute atomic E-state index is 0.0691. The Labute approximate surface area is 148 Å². The SMILES string of the molecule is CC[C@H](NC(=O)[C@H](C)Oc1ccc(OC)cc1)c1ccc(OC)cc1. The molecule has 2 rings (SSSR count). The fraction of sp³-hybridized carbons (Fsp3) is 0.350. The lowest BCUT2D eigenvalue weighted by Gasteiger charge is -2.21. The van der Waals surface area contributed by atoms with Gasteiger partial charge >= 0.3 is 0 Å². The molecule has 1 N–H and O–H groups in total. The molecule has 0 saturated carbocycles. The molecule has 134 valence electrons. The molecule has 5 heteroatoms. The summed E-state index contributed by atoms with van der Waals surface area (Å²) in [5, 5.41) is 3.03. The quantitative estimate of drug-likeness (QED) is 0.793. The monoisotopic (exact) mass is 343 g/mol. The topological polar surface area (TPSA) is 56.8 Å². The van der Waals surface area contributed by atoms with Crippen LogP contribution in [-0.4, -0.2) is 26.2 Å². The smallest absolute Gasteiger partial charge is 0.261 e. The van der Waals surface area contributed by atoms with E-state index in [-0.39, 0.29) is 11.9 Å². The highest BCUT2D eigenvalue weighted by Crippen LogP contribution is 2.21. The first kappa shape index (κ1) is 18.6. The molecule has 1 amide bonds. The second-order valence-electron chi connectivity index (χ2n) is 5.68. The summed E-state index contributed by atoms with van der Waals surface area (Å²) < 4.78 is 16.0. The molecular weight excluding hydrogens is 318 g/mol. The molecular formula is C20H25NO4. The Kier molecular flexibility index (Phi) is 6.69. The van der Waals surface area contributed by atoms with E-state index in [1.807, 2.05) is 31.2 Å². The van der Waals surface area contributed by atoms with Gasteiger partial charge < -0.3 is 19.5 Å². The van der Waals surface area contributed by atoms with Crippen molar-refractivity contribution in [3.8, 4) is 17.2 Å². The van der Waals surface area contributed by atoms with Crippen LogP contribution < -0.4 is 19.5 Å². The highest BCUT2D eigenvalue weighted by molar-refractivity contribution is 5.81. The highest BCUT2D eigenvalue weighted by atomic mass is 16.5. The minimum Gasteiger partial charge on any atom is -0.497 e. The van der Waals surface area contributed by atoms with Gasteiger partial charge in [-0.05, 0) is 55.3 Å². The van der Waals surface area contributed by atoms with Crippen molar-refractivity contribution in [1.29, 1.82) is 0 Å². The van der Waals surface area contributed by atoms with Gasteiger partial charge in [0.25, 0.3) is 5.91 Å². The van der Waals surface area contributed by atoms with Crippen LogP contribution in [0.3, 0.4) is 0 Å². The van der Waals surface area contributed by atoms with Crippen molar-refractivity contribution in [2.45, 2.75) is 32.4 Å². The fourth-order valence-corrected chi connectivity index (χ4v) is 2.46. The van der Waals surface area contributed by atoms with E-state index < -0.39 is 6.10 Å². The Bertz CT molecular complexity index is 667. The molecule has 0 aliphatic heterocycles. The maximum Gasteiger partial charge on any atom is 0.261 e. The second kappa shape index (κ2) is 8.97. The summed E-state index contributed by atoms with van der Waals surface area (Å²) in [4.78, 5) is 12.5. The lowest BCUT2D eigenvalue weighted by Crippen LogP contribution is -2.38. The maximum absolute atomic E-state index is 12.5. The van der Waals surface area contributed by atoms with Crippen LogP contribution in [0.25, 0.3) is 0 Å². The van der Waals surface area contributed by atoms with Gasteiger partial charge in [0.2, 0.25) is 0 Å². The molecule has 0 unspecified atom stereocenters. The molecule has 0 bridgehead atoms. The average Bonchev–Trinajstić information content (AvgIpc) is 2.66. The van der Waals surface area contributed by atoms with Crippen molar-refractivity contribution >= 4 is 5.91 Å². The molecule has 25 heavy (non-hydrogen) atoms. The predicted molar refractivity (Wildman–Crippen MR) is 97.3 cm³/mol. The summed E-state index contributed by atoms with van der Waals surface area (Å²) >= 11 is 0. The Hall–Kier alpha value is -2.69. The number of carbonyl (C=O) groups is 1. The van der Waals surface area contributed by atoms with Crippen LogP contribution in [0.15, 0.2) is 48.5 Å². The zero-order valence-electron chi connectivity index (χ0n) is 15.1. The van der Waals surface area contributed by atoms with Gasteiger partial charge in [-0.15, -0.1) is 0 Å². The Morgan fingerprint density at radius 2 is 1.40 bits per heavy atom. The van der Waals surface area contributed by atoms with E-state index >= 15 is 0 Å². The first-order chi connectivity index (χ1) is 12.1. The summed E-state index contributed by atoms with van der Waals surface area (Å²) in [6, 6.07) is 14.8. The molecule has 0 aromatic heterocycles. The van der Waals surface area contributed by atoms with Crippen LogP contribution in [0.4, 0.5) is 0 Å². The van der Waals surface area contributed by atoms with Crippen LogP contribution in [0.1, 0.15) is 31.9 Å². The van der Waals surface area contributed by atoms with E-state index in [0.29, 0.717) is 5.75 Å². The van der Waals surface area contributed by atoms with Crippen LogP contribution in [0.5, 0.6) is 17.2 Å². The zero-order chi connectivity index (χ0) is 18.2. The van der Waals surface area contributed by atoms with Crippen molar-refractivity contribution in [3.63, 3.8) is 0 Å². The van der Waals surface area contributed by atoms with Gasteiger partial charge in [-0.3, -0.25) is 4.79 Å². The molecule has 2 aromatic rings. The average molecular weight is 343 g/mol. The van der Waals surface area contributed by atoms with E-state index in [9.17, 15) is 4.79 Å². The molecule has 0 spiro atoms. The van der Waals surface area contributed by atoms with Crippen molar-refractivity contribution in [2.75, 3.05) is 14.2 Å². The number of nitrogens with one attached hydrogen (secondary N) is 1. The van der Waals surface area contributed by atoms with Crippen LogP contribution in [0, 0.1) is 0 Å². The predicted octanol–water partition coefficient (Wildman–Crippen LogP) is 3.74. The van der Waals surface area contributed by atoms with Crippen LogP contribution in [-0.2, 0) is 4.79 Å². The third kappa shape index (κ3) is 5.14. The molecule has 2 aromatic carbocycles. The lowest BCUT2D eigenvalue weighted by molar-refractivity contribution is -0.128. The van der Waals surface area contributed by atoms with Crippen LogP contribution in [0.2, 0.25) is 0 Å². The van der Waals surface area contributed by atoms with Gasteiger partial charge in [-0.2, -0.15) is 0 Å². The summed E-state index contributed by atoms with van der Waals surface area (Å²) in [5.74, 6) is 2.01. The standard InChI is InChI=1S/C20H25NO4/c1-5-19(15-6-8-16(23-3)9-7-15)21-20(22)14(2)25-18-12-10-17(24-4)11-13-18/h6-14,19H,5H2,1-4H3,(H,21,22)/t14-,19-/m0/s1. The molecule has 0 heterocycles. The van der Waals surface area contributed by atoms with E-state index in [0.717, 1.165) is 23.5 Å². The van der Waals surface area contributed by atoms with Gasteiger partial charge in [0.1, 0.15) is 17.2 Å². The number of amides is 1. The normalized spacial score (nSPS) is 12.8. The Morgan fingerprint density at radius 1 is 0.920 bits per heavy atom. The molecule has 0 saturated heterocycles. The Morgan fingerprint density at radius 3 is 1.88 bits per heavy atom. The van der Waals surface area contributed by atoms with Crippen molar-refractivity contribution in [2.24, 2.45) is 0 Å². The molecule has 2 atom stereocenters. The Balaban J connectivity index is 1.97. The van der Waals surface area contributed by atoms with Crippen molar-refractivity contribution in [3.05, 3.63) is 54.1 Å². The summed E-state index contributed by atoms with van der Waals surface area (Å²) in [7, 11) is 3.24. The number of benzene rings is 2. The van der Waals surface area contributed by atoms with Crippen molar-refractivity contribution < 1.29 is 19.0 Å². The summed E-state index contributed by atoms with van der Waals surface area (Å²) in [6.07, 6.45) is 0.188. The molecule has 0 radical (unpaired) electrons. The van der Waals surface area contributed by atoms with Gasteiger partial charge in [-0.1, -0.05) is 19.1 Å². The first-order valence-corrected chi connectivity index (χ1v) is 8.32. The third-order valence-corrected chi connectivity index (χ3v) is 3.98. The summed E-state index contributed by atoms with van der Waals surface area (Å²) in [5.41, 5.74) is 1.04. The molecule has 5 nitrogen and oxygen atoms in total. The van der Waals surface area contributed by atoms with E-state index in [4.69, 9.17) is 14.2 Å². The number of carbonyl (C=O) groups excluding carboxylic acids is 1. The zero-order valence-corrected chi connectivity index (χ0v) is 15.1. The minimum atomic E-state index is -0.597. The van der Waals surface area contributed by atoms with E-state index in [1.165, 1.54) is 0 Å². The van der Waals surface area contributed by atoms with Gasteiger partial charge in [0, 0.05) is 0 Å². The van der Waals surface area contributed by atoms with Crippen molar-refractivity contribution in [1.82, 2.24) is 5.32 Å². The van der Waals surface area contributed by atoms with E-state index in [1.54, 1.807) is 45.4 Å². The number of hydrogen-bond donors (Lipinski definition) is 1.